The third-order valence-electron chi connectivity index (χ3n) is 7.87. The molecule has 0 N–H and O–H groups in total. The van der Waals surface area contributed by atoms with Crippen LogP contribution in [-0.4, -0.2) is 56.2 Å². The van der Waals surface area contributed by atoms with Gasteiger partial charge in [-0.3, -0.25) is 0 Å². The molecular formula is C24H38O5Sn. The fourth-order valence-corrected chi connectivity index (χ4v) is 12.7. The van der Waals surface area contributed by atoms with E-state index in [0.29, 0.717) is 19.6 Å². The number of fused-ring (bicyclic) bond motifs is 1. The Labute approximate surface area is 185 Å². The maximum atomic E-state index is 13.4. The number of carbonyl (C=O) groups is 2. The molecule has 4 atom stereocenters. The quantitative estimate of drug-likeness (QED) is 0.307. The molecule has 4 aliphatic rings. The van der Waals surface area contributed by atoms with E-state index in [9.17, 15) is 9.59 Å². The topological polar surface area (TPSA) is 61.8 Å². The third kappa shape index (κ3) is 4.03. The van der Waals surface area contributed by atoms with E-state index >= 15 is 0 Å². The average molecular weight is 525 g/mol. The predicted molar refractivity (Wildman–Crippen MR) is 117 cm³/mol. The van der Waals surface area contributed by atoms with Gasteiger partial charge in [-0.25, -0.2) is 0 Å². The summed E-state index contributed by atoms with van der Waals surface area (Å²) in [6, 6.07) is 0. The van der Waals surface area contributed by atoms with Gasteiger partial charge in [0.1, 0.15) is 0 Å². The van der Waals surface area contributed by atoms with Gasteiger partial charge in [0.2, 0.25) is 0 Å². The molecule has 1 spiro atoms. The molecule has 5 nitrogen and oxygen atoms in total. The molecule has 0 radical (unpaired) electrons. The van der Waals surface area contributed by atoms with Crippen LogP contribution in [0.4, 0.5) is 0 Å². The molecule has 1 saturated heterocycles. The van der Waals surface area contributed by atoms with E-state index in [1.54, 1.807) is 3.59 Å². The Balaban J connectivity index is 1.61. The molecular weight excluding hydrogens is 487 g/mol. The van der Waals surface area contributed by atoms with Crippen molar-refractivity contribution in [3.63, 3.8) is 0 Å². The first kappa shape index (κ1) is 22.8. The normalized spacial score (nSPS) is 35.2. The standard InChI is InChI=1S/C21H29O5.3CH3.Sn/c1-20(2)11-25-21(26-12-20)9-15-14(8-13-6-4-5-7-13)18(22)17(16(15)10-21)19(23)24-3;;;;/h14-17H,4-6,8-12H2,1-3H3;3*1H3;/t14-,15-,16-,17?;;;;/m0..../s1. The van der Waals surface area contributed by atoms with Crippen LogP contribution >= 0.6 is 0 Å². The first-order chi connectivity index (χ1) is 14.0. The number of ketones is 1. The molecule has 6 heteroatoms. The molecule has 30 heavy (non-hydrogen) atoms. The summed E-state index contributed by atoms with van der Waals surface area (Å²) in [4.78, 5) is 33.5. The van der Waals surface area contributed by atoms with Crippen molar-refractivity contribution in [2.75, 3.05) is 20.3 Å². The van der Waals surface area contributed by atoms with Crippen molar-refractivity contribution < 1.29 is 23.8 Å². The Morgan fingerprint density at radius 1 is 1.10 bits per heavy atom. The van der Waals surface area contributed by atoms with Crippen LogP contribution in [0, 0.1) is 29.1 Å². The van der Waals surface area contributed by atoms with Gasteiger partial charge < -0.3 is 0 Å². The molecule has 0 aromatic heterocycles. The van der Waals surface area contributed by atoms with Crippen LogP contribution in [0.2, 0.25) is 14.8 Å². The molecule has 0 bridgehead atoms. The van der Waals surface area contributed by atoms with Crippen molar-refractivity contribution in [2.45, 2.75) is 73.0 Å². The zero-order valence-corrected chi connectivity index (χ0v) is 22.4. The molecule has 0 amide bonds. The van der Waals surface area contributed by atoms with E-state index in [2.05, 4.69) is 28.7 Å². The fourth-order valence-electron chi connectivity index (χ4n) is 6.41. The number of Topliss-reactive ketones (excluding diaryl/α,β-unsaturated/α-hetero) is 1. The number of allylic oxidation sites excluding steroid dienone is 2. The molecule has 1 aliphatic heterocycles. The number of carbonyl (C=O) groups excluding carboxylic acids is 2. The van der Waals surface area contributed by atoms with Crippen LogP contribution in [0.3, 0.4) is 0 Å². The van der Waals surface area contributed by atoms with Crippen molar-refractivity contribution >= 4 is 30.1 Å². The van der Waals surface area contributed by atoms with Crippen LogP contribution in [0.1, 0.15) is 52.4 Å². The minimum absolute atomic E-state index is 0.00316. The molecule has 0 aromatic rings. The Morgan fingerprint density at radius 3 is 2.33 bits per heavy atom. The summed E-state index contributed by atoms with van der Waals surface area (Å²) in [5.74, 6) is -1.54. The summed E-state index contributed by atoms with van der Waals surface area (Å²) in [5, 5.41) is 0. The van der Waals surface area contributed by atoms with Crippen molar-refractivity contribution in [3.05, 3.63) is 9.16 Å². The van der Waals surface area contributed by atoms with Gasteiger partial charge in [-0.05, 0) is 0 Å². The summed E-state index contributed by atoms with van der Waals surface area (Å²) >= 11 is -2.17. The van der Waals surface area contributed by atoms with Gasteiger partial charge in [-0.15, -0.1) is 0 Å². The third-order valence-corrected chi connectivity index (χ3v) is 14.8. The molecule has 168 valence electrons. The van der Waals surface area contributed by atoms with Gasteiger partial charge in [0.05, 0.1) is 0 Å². The minimum atomic E-state index is -2.17. The van der Waals surface area contributed by atoms with Crippen molar-refractivity contribution in [3.8, 4) is 0 Å². The van der Waals surface area contributed by atoms with Crippen molar-refractivity contribution in [2.24, 2.45) is 29.1 Å². The van der Waals surface area contributed by atoms with Gasteiger partial charge in [0, 0.05) is 0 Å². The molecule has 3 aliphatic carbocycles. The average Bonchev–Trinajstić information content (AvgIpc) is 3.33. The van der Waals surface area contributed by atoms with E-state index in [0.717, 1.165) is 19.3 Å². The summed E-state index contributed by atoms with van der Waals surface area (Å²) in [5.41, 5.74) is 1.54. The predicted octanol–water partition coefficient (Wildman–Crippen LogP) is 4.52. The molecule has 3 fully saturated rings. The number of rotatable bonds is 4. The van der Waals surface area contributed by atoms with E-state index in [-0.39, 0.29) is 34.9 Å². The van der Waals surface area contributed by atoms with Crippen molar-refractivity contribution in [1.29, 1.82) is 0 Å². The zero-order valence-electron chi connectivity index (χ0n) is 19.5. The second kappa shape index (κ2) is 7.87. The second-order valence-corrected chi connectivity index (χ2v) is 26.4. The second-order valence-electron chi connectivity index (χ2n) is 11.8. The van der Waals surface area contributed by atoms with E-state index in [1.165, 1.54) is 25.5 Å². The Hall–Kier alpha value is -0.401. The fraction of sp³-hybridized carbons (Fsp3) is 0.833. The van der Waals surface area contributed by atoms with Gasteiger partial charge in [0.25, 0.3) is 0 Å². The molecule has 4 rings (SSSR count). The first-order valence-electron chi connectivity index (χ1n) is 11.6. The number of esters is 1. The molecule has 1 unspecified atom stereocenters. The monoisotopic (exact) mass is 526 g/mol. The molecule has 1 heterocycles. The Morgan fingerprint density at radius 2 is 1.73 bits per heavy atom. The zero-order chi connectivity index (χ0) is 21.9. The van der Waals surface area contributed by atoms with Gasteiger partial charge in [0.15, 0.2) is 0 Å². The molecule has 2 saturated carbocycles. The van der Waals surface area contributed by atoms with E-state index in [1.807, 2.05) is 0 Å². The first-order valence-corrected chi connectivity index (χ1v) is 21.6. The number of hydrogen-bond donors (Lipinski definition) is 0. The summed E-state index contributed by atoms with van der Waals surface area (Å²) in [7, 11) is 1.39. The van der Waals surface area contributed by atoms with Crippen LogP contribution < -0.4 is 0 Å². The van der Waals surface area contributed by atoms with Gasteiger partial charge in [-0.2, -0.15) is 0 Å². The number of hydrogen-bond acceptors (Lipinski definition) is 5. The van der Waals surface area contributed by atoms with Crippen LogP contribution in [0.15, 0.2) is 9.16 Å². The van der Waals surface area contributed by atoms with Crippen LogP contribution in [-0.2, 0) is 23.8 Å². The summed E-state index contributed by atoms with van der Waals surface area (Å²) in [6.45, 7) is 5.60. The Kier molecular flexibility index (Phi) is 5.98. The summed E-state index contributed by atoms with van der Waals surface area (Å²) < 4.78 is 19.4. The summed E-state index contributed by atoms with van der Waals surface area (Å²) in [6.07, 6.45) is 5.74. The number of ether oxygens (including phenoxy) is 3. The maximum absolute atomic E-state index is 13.4. The molecule has 0 aromatic carbocycles. The Bertz CT molecular complexity index is 752. The van der Waals surface area contributed by atoms with Crippen LogP contribution in [0.5, 0.6) is 0 Å². The van der Waals surface area contributed by atoms with Gasteiger partial charge >= 0.3 is 185 Å². The van der Waals surface area contributed by atoms with Gasteiger partial charge in [-0.1, -0.05) is 0 Å². The SMILES string of the molecule is COC(=O)C1C(=O)[C@@H](CC2=[C]([Sn]([CH3])([CH3])[CH3])CCC2)[C@@H]2CC3(C[C@H]12)OCC(C)(C)CO3. The van der Waals surface area contributed by atoms with Crippen molar-refractivity contribution in [1.82, 2.24) is 0 Å². The van der Waals surface area contributed by atoms with E-state index in [4.69, 9.17) is 14.2 Å². The van der Waals surface area contributed by atoms with E-state index < -0.39 is 30.1 Å². The number of methoxy groups -OCH3 is 1. The van der Waals surface area contributed by atoms with Crippen LogP contribution in [0.25, 0.3) is 0 Å².